The van der Waals surface area contributed by atoms with Crippen LogP contribution in [-0.4, -0.2) is 37.5 Å². The van der Waals surface area contributed by atoms with Gasteiger partial charge in [0.2, 0.25) is 0 Å². The molecular formula is C31H34O7. The molecule has 0 unspecified atom stereocenters. The molecule has 0 bridgehead atoms. The number of carbonyl (C=O) groups is 2. The van der Waals surface area contributed by atoms with Crippen LogP contribution in [-0.2, 0) is 43.4 Å². The van der Waals surface area contributed by atoms with Crippen molar-refractivity contribution in [1.29, 1.82) is 0 Å². The summed E-state index contributed by atoms with van der Waals surface area (Å²) in [7, 11) is 1.35. The van der Waals surface area contributed by atoms with Gasteiger partial charge in [0.05, 0.1) is 25.4 Å². The number of aryl methyl sites for hydroxylation is 1. The SMILES string of the molecule is COC(=O)c1cccc(OCc2cccc(CC[C@H]3OC(C)(C)OC[C@H]3C(=O)OCc3ccccc3)c2)c1. The van der Waals surface area contributed by atoms with E-state index >= 15 is 0 Å². The van der Waals surface area contributed by atoms with Crippen LogP contribution in [0.5, 0.6) is 5.75 Å². The van der Waals surface area contributed by atoms with E-state index in [0.717, 1.165) is 23.1 Å². The van der Waals surface area contributed by atoms with Crippen LogP contribution >= 0.6 is 0 Å². The number of hydrogen-bond acceptors (Lipinski definition) is 7. The molecule has 1 aliphatic rings. The van der Waals surface area contributed by atoms with Gasteiger partial charge in [-0.2, -0.15) is 0 Å². The second kappa shape index (κ2) is 12.7. The van der Waals surface area contributed by atoms with Gasteiger partial charge in [-0.15, -0.1) is 0 Å². The summed E-state index contributed by atoms with van der Waals surface area (Å²) in [4.78, 5) is 24.7. The van der Waals surface area contributed by atoms with E-state index in [0.29, 0.717) is 24.3 Å². The predicted molar refractivity (Wildman–Crippen MR) is 142 cm³/mol. The number of benzene rings is 3. The van der Waals surface area contributed by atoms with Gasteiger partial charge in [0, 0.05) is 0 Å². The average Bonchev–Trinajstić information content (AvgIpc) is 2.94. The van der Waals surface area contributed by atoms with Crippen LogP contribution in [0.1, 0.15) is 47.3 Å². The molecule has 0 amide bonds. The molecule has 3 aromatic rings. The minimum atomic E-state index is -0.769. The van der Waals surface area contributed by atoms with E-state index in [1.807, 2.05) is 56.3 Å². The quantitative estimate of drug-likeness (QED) is 0.328. The summed E-state index contributed by atoms with van der Waals surface area (Å²) in [5.41, 5.74) is 3.48. The van der Waals surface area contributed by atoms with Crippen molar-refractivity contribution in [3.63, 3.8) is 0 Å². The topological polar surface area (TPSA) is 80.3 Å². The maximum atomic E-state index is 12.9. The third-order valence-corrected chi connectivity index (χ3v) is 6.39. The molecule has 0 radical (unpaired) electrons. The number of ether oxygens (including phenoxy) is 5. The van der Waals surface area contributed by atoms with Crippen LogP contribution in [0.3, 0.4) is 0 Å². The molecule has 0 saturated carbocycles. The molecule has 1 heterocycles. The number of hydrogen-bond donors (Lipinski definition) is 0. The summed E-state index contributed by atoms with van der Waals surface area (Å²) in [6.45, 7) is 4.55. The van der Waals surface area contributed by atoms with E-state index in [1.54, 1.807) is 24.3 Å². The summed E-state index contributed by atoms with van der Waals surface area (Å²) in [6.07, 6.45) is 1.03. The Morgan fingerprint density at radius 3 is 2.42 bits per heavy atom. The number of methoxy groups -OCH3 is 1. The van der Waals surface area contributed by atoms with Crippen LogP contribution in [0.25, 0.3) is 0 Å². The van der Waals surface area contributed by atoms with Crippen LogP contribution < -0.4 is 4.74 Å². The smallest absolute Gasteiger partial charge is 0.337 e. The van der Waals surface area contributed by atoms with Crippen molar-refractivity contribution >= 4 is 11.9 Å². The highest BCUT2D eigenvalue weighted by molar-refractivity contribution is 5.89. The molecule has 38 heavy (non-hydrogen) atoms. The first-order valence-electron chi connectivity index (χ1n) is 12.7. The molecule has 1 aliphatic heterocycles. The molecule has 0 N–H and O–H groups in total. The second-order valence-corrected chi connectivity index (χ2v) is 9.73. The van der Waals surface area contributed by atoms with Gasteiger partial charge < -0.3 is 23.7 Å². The van der Waals surface area contributed by atoms with Crippen LogP contribution in [0.15, 0.2) is 78.9 Å². The molecule has 1 fully saturated rings. The normalized spacial score (nSPS) is 18.4. The molecule has 1 saturated heterocycles. The molecule has 0 spiro atoms. The van der Waals surface area contributed by atoms with E-state index < -0.39 is 17.7 Å². The monoisotopic (exact) mass is 518 g/mol. The second-order valence-electron chi connectivity index (χ2n) is 9.73. The zero-order chi connectivity index (χ0) is 27.0. The fourth-order valence-electron chi connectivity index (χ4n) is 4.38. The summed E-state index contributed by atoms with van der Waals surface area (Å²) >= 11 is 0. The highest BCUT2D eigenvalue weighted by Crippen LogP contribution is 2.30. The van der Waals surface area contributed by atoms with Gasteiger partial charge in [0.25, 0.3) is 0 Å². The summed E-state index contributed by atoms with van der Waals surface area (Å²) in [5.74, 6) is -1.40. The summed E-state index contributed by atoms with van der Waals surface area (Å²) < 4.78 is 28.2. The van der Waals surface area contributed by atoms with Crippen LogP contribution in [0.4, 0.5) is 0 Å². The zero-order valence-electron chi connectivity index (χ0n) is 22.1. The molecule has 4 rings (SSSR count). The van der Waals surface area contributed by atoms with Gasteiger partial charge in [-0.1, -0.05) is 60.7 Å². The van der Waals surface area contributed by atoms with Crippen molar-refractivity contribution in [2.24, 2.45) is 5.92 Å². The third kappa shape index (κ3) is 7.66. The van der Waals surface area contributed by atoms with Gasteiger partial charge in [0.1, 0.15) is 24.9 Å². The Hall–Kier alpha value is -3.68. The van der Waals surface area contributed by atoms with Crippen molar-refractivity contribution in [2.75, 3.05) is 13.7 Å². The van der Waals surface area contributed by atoms with Gasteiger partial charge in [-0.3, -0.25) is 4.79 Å². The fraction of sp³-hybridized carbons (Fsp3) is 0.355. The van der Waals surface area contributed by atoms with Gasteiger partial charge in [0.15, 0.2) is 5.79 Å². The lowest BCUT2D eigenvalue weighted by Crippen LogP contribution is -2.49. The Morgan fingerprint density at radius 1 is 0.895 bits per heavy atom. The van der Waals surface area contributed by atoms with Crippen LogP contribution in [0.2, 0.25) is 0 Å². The van der Waals surface area contributed by atoms with E-state index in [1.165, 1.54) is 7.11 Å². The molecular weight excluding hydrogens is 484 g/mol. The molecule has 0 aliphatic carbocycles. The first-order chi connectivity index (χ1) is 18.3. The molecule has 0 aromatic heterocycles. The number of esters is 2. The Balaban J connectivity index is 1.35. The maximum absolute atomic E-state index is 12.9. The van der Waals surface area contributed by atoms with Crippen molar-refractivity contribution in [3.05, 3.63) is 101 Å². The van der Waals surface area contributed by atoms with E-state index in [2.05, 4.69) is 12.1 Å². The molecule has 2 atom stereocenters. The van der Waals surface area contributed by atoms with Crippen molar-refractivity contribution in [3.8, 4) is 5.75 Å². The van der Waals surface area contributed by atoms with Crippen LogP contribution in [0, 0.1) is 5.92 Å². The lowest BCUT2D eigenvalue weighted by atomic mass is 9.94. The zero-order valence-corrected chi connectivity index (χ0v) is 22.1. The van der Waals surface area contributed by atoms with Gasteiger partial charge in [-0.05, 0) is 61.6 Å². The fourth-order valence-corrected chi connectivity index (χ4v) is 4.38. The minimum Gasteiger partial charge on any atom is -0.489 e. The highest BCUT2D eigenvalue weighted by atomic mass is 16.7. The minimum absolute atomic E-state index is 0.219. The molecule has 7 nitrogen and oxygen atoms in total. The highest BCUT2D eigenvalue weighted by Gasteiger charge is 2.40. The Labute approximate surface area is 223 Å². The standard InChI is InChI=1S/C31H34O7/c1-31(2)37-21-27(30(33)36-19-23-9-5-4-6-10-23)28(38-31)16-15-22-11-7-12-24(17-22)20-35-26-14-8-13-25(18-26)29(32)34-3/h4-14,17-18,27-28H,15-16,19-21H2,1-3H3/t27-,28-/m1/s1. The van der Waals surface area contributed by atoms with Crippen molar-refractivity contribution in [2.45, 2.75) is 51.8 Å². The summed E-state index contributed by atoms with van der Waals surface area (Å²) in [6, 6.07) is 24.6. The third-order valence-electron chi connectivity index (χ3n) is 6.39. The molecule has 200 valence electrons. The maximum Gasteiger partial charge on any atom is 0.337 e. The average molecular weight is 519 g/mol. The largest absolute Gasteiger partial charge is 0.489 e. The van der Waals surface area contributed by atoms with E-state index in [9.17, 15) is 9.59 Å². The van der Waals surface area contributed by atoms with Crippen molar-refractivity contribution < 1.29 is 33.3 Å². The molecule has 7 heteroatoms. The lowest BCUT2D eigenvalue weighted by Gasteiger charge is -2.40. The number of rotatable bonds is 10. The van der Waals surface area contributed by atoms with Gasteiger partial charge in [-0.25, -0.2) is 4.79 Å². The Bertz CT molecular complexity index is 1220. The Kier molecular flexibility index (Phi) is 9.15. The van der Waals surface area contributed by atoms with E-state index in [-0.39, 0.29) is 25.3 Å². The lowest BCUT2D eigenvalue weighted by molar-refractivity contribution is -0.292. The first kappa shape index (κ1) is 27.4. The number of carbonyl (C=O) groups excluding carboxylic acids is 2. The summed E-state index contributed by atoms with van der Waals surface area (Å²) in [5, 5.41) is 0. The Morgan fingerprint density at radius 2 is 1.63 bits per heavy atom. The van der Waals surface area contributed by atoms with E-state index in [4.69, 9.17) is 23.7 Å². The predicted octanol–water partition coefficient (Wildman–Crippen LogP) is 5.50. The van der Waals surface area contributed by atoms with Gasteiger partial charge >= 0.3 is 11.9 Å². The molecule has 3 aromatic carbocycles. The van der Waals surface area contributed by atoms with Crippen molar-refractivity contribution in [1.82, 2.24) is 0 Å². The first-order valence-corrected chi connectivity index (χ1v) is 12.7.